The van der Waals surface area contributed by atoms with Crippen molar-refractivity contribution in [2.75, 3.05) is 30.8 Å². The summed E-state index contributed by atoms with van der Waals surface area (Å²) >= 11 is 1.42. The first-order valence-electron chi connectivity index (χ1n) is 11.6. The Morgan fingerprint density at radius 1 is 1.18 bits per heavy atom. The van der Waals surface area contributed by atoms with E-state index in [0.29, 0.717) is 11.4 Å². The maximum atomic E-state index is 13.4. The monoisotopic (exact) mass is 491 g/mol. The van der Waals surface area contributed by atoms with Crippen LogP contribution in [0.3, 0.4) is 0 Å². The van der Waals surface area contributed by atoms with Gasteiger partial charge in [-0.05, 0) is 36.8 Å². The standard InChI is InChI=1S/C24H37N5O4S/c1-8-9-17-10-18(34-16(17)6)23(32)27(7)13-19(30)28(11-14(2)3)20-21(25)29(12-15(4)5)24(33)26-22(20)31/h10,14-15H,8-9,11-13,25H2,1-7H3,(H,26,31,33). The number of nitrogens with zero attached hydrogens (tertiary/aromatic N) is 3. The molecule has 2 rings (SSSR count). The number of anilines is 2. The number of amides is 2. The number of nitrogens with two attached hydrogens (primary N) is 1. The number of hydrogen-bond acceptors (Lipinski definition) is 6. The quantitative estimate of drug-likeness (QED) is 0.529. The number of aryl methyl sites for hydroxylation is 2. The molecule has 0 fully saturated rings. The van der Waals surface area contributed by atoms with Crippen LogP contribution in [0, 0.1) is 18.8 Å². The predicted molar refractivity (Wildman–Crippen MR) is 138 cm³/mol. The van der Waals surface area contributed by atoms with Crippen molar-refractivity contribution in [2.45, 2.75) is 60.9 Å². The Kier molecular flexibility index (Phi) is 9.26. The molecule has 2 heterocycles. The molecule has 0 aliphatic carbocycles. The predicted octanol–water partition coefficient (Wildman–Crippen LogP) is 2.86. The molecule has 10 heteroatoms. The molecule has 2 amide bonds. The molecule has 0 atom stereocenters. The molecule has 0 radical (unpaired) electrons. The van der Waals surface area contributed by atoms with Crippen LogP contribution in [0.2, 0.25) is 0 Å². The second kappa shape index (κ2) is 11.5. The van der Waals surface area contributed by atoms with Gasteiger partial charge in [0.2, 0.25) is 5.91 Å². The number of H-pyrrole nitrogens is 1. The number of nitrogens with one attached hydrogen (secondary N) is 1. The molecular weight excluding hydrogens is 454 g/mol. The maximum absolute atomic E-state index is 13.4. The van der Waals surface area contributed by atoms with Gasteiger partial charge in [-0.25, -0.2) is 4.79 Å². The van der Waals surface area contributed by atoms with Crippen LogP contribution in [0.4, 0.5) is 11.5 Å². The Bertz CT molecular complexity index is 1150. The van der Waals surface area contributed by atoms with Crippen LogP contribution in [0.5, 0.6) is 0 Å². The molecule has 188 valence electrons. The van der Waals surface area contributed by atoms with E-state index in [9.17, 15) is 19.2 Å². The molecule has 0 aromatic carbocycles. The Morgan fingerprint density at radius 3 is 2.38 bits per heavy atom. The van der Waals surface area contributed by atoms with Crippen LogP contribution in [0.25, 0.3) is 0 Å². The topological polar surface area (TPSA) is 121 Å². The largest absolute Gasteiger partial charge is 0.383 e. The molecule has 9 nitrogen and oxygen atoms in total. The maximum Gasteiger partial charge on any atom is 0.330 e. The molecular formula is C24H37N5O4S. The number of thiophene rings is 1. The van der Waals surface area contributed by atoms with E-state index in [4.69, 9.17) is 5.73 Å². The number of hydrogen-bond donors (Lipinski definition) is 2. The minimum absolute atomic E-state index is 0.0192. The van der Waals surface area contributed by atoms with E-state index >= 15 is 0 Å². The number of likely N-dealkylation sites (N-methyl/N-ethyl adjacent to an activating group) is 1. The number of carbonyl (C=O) groups is 2. The fourth-order valence-electron chi connectivity index (χ4n) is 3.76. The zero-order valence-corrected chi connectivity index (χ0v) is 22.0. The van der Waals surface area contributed by atoms with Gasteiger partial charge in [-0.1, -0.05) is 41.0 Å². The lowest BCUT2D eigenvalue weighted by molar-refractivity contribution is -0.119. The Morgan fingerprint density at radius 2 is 1.82 bits per heavy atom. The zero-order chi connectivity index (χ0) is 25.7. The van der Waals surface area contributed by atoms with Gasteiger partial charge in [0.15, 0.2) is 5.69 Å². The molecule has 0 unspecified atom stereocenters. The van der Waals surface area contributed by atoms with Crippen LogP contribution in [-0.4, -0.2) is 46.4 Å². The molecule has 0 spiro atoms. The van der Waals surface area contributed by atoms with Crippen molar-refractivity contribution in [2.24, 2.45) is 11.8 Å². The first-order chi connectivity index (χ1) is 15.9. The number of carbonyl (C=O) groups excluding carboxylic acids is 2. The Hall–Kier alpha value is -2.88. The van der Waals surface area contributed by atoms with Gasteiger partial charge in [-0.15, -0.1) is 11.3 Å². The van der Waals surface area contributed by atoms with E-state index in [-0.39, 0.29) is 42.3 Å². The van der Waals surface area contributed by atoms with Gasteiger partial charge in [0, 0.05) is 25.0 Å². The van der Waals surface area contributed by atoms with Crippen molar-refractivity contribution in [1.29, 1.82) is 0 Å². The third-order valence-electron chi connectivity index (χ3n) is 5.35. The molecule has 0 saturated heterocycles. The smallest absolute Gasteiger partial charge is 0.330 e. The van der Waals surface area contributed by atoms with E-state index in [2.05, 4.69) is 11.9 Å². The van der Waals surface area contributed by atoms with Crippen molar-refractivity contribution >= 4 is 34.7 Å². The summed E-state index contributed by atoms with van der Waals surface area (Å²) in [6.45, 7) is 12.0. The Labute approximate surface area is 204 Å². The molecule has 3 N–H and O–H groups in total. The molecule has 2 aromatic heterocycles. The lowest BCUT2D eigenvalue weighted by Gasteiger charge is -2.28. The van der Waals surface area contributed by atoms with Gasteiger partial charge >= 0.3 is 5.69 Å². The van der Waals surface area contributed by atoms with Crippen LogP contribution in [0.15, 0.2) is 15.7 Å². The summed E-state index contributed by atoms with van der Waals surface area (Å²) < 4.78 is 1.28. The number of rotatable bonds is 10. The fraction of sp³-hybridized carbons (Fsp3) is 0.583. The summed E-state index contributed by atoms with van der Waals surface area (Å²) in [4.78, 5) is 58.1. The molecule has 34 heavy (non-hydrogen) atoms. The highest BCUT2D eigenvalue weighted by atomic mass is 32.1. The average molecular weight is 492 g/mol. The average Bonchev–Trinajstić information content (AvgIpc) is 3.09. The highest BCUT2D eigenvalue weighted by Crippen LogP contribution is 2.24. The van der Waals surface area contributed by atoms with E-state index in [1.54, 1.807) is 7.05 Å². The van der Waals surface area contributed by atoms with Crippen molar-refractivity contribution in [1.82, 2.24) is 14.5 Å². The number of nitrogen functional groups attached to an aromatic ring is 1. The highest BCUT2D eigenvalue weighted by molar-refractivity contribution is 7.14. The molecule has 0 bridgehead atoms. The first-order valence-corrected chi connectivity index (χ1v) is 12.5. The molecule has 0 aliphatic rings. The lowest BCUT2D eigenvalue weighted by atomic mass is 10.1. The van der Waals surface area contributed by atoms with E-state index in [1.807, 2.05) is 40.7 Å². The minimum Gasteiger partial charge on any atom is -0.383 e. The third-order valence-corrected chi connectivity index (χ3v) is 6.43. The first kappa shape index (κ1) is 27.4. The van der Waals surface area contributed by atoms with Gasteiger partial charge < -0.3 is 15.5 Å². The second-order valence-corrected chi connectivity index (χ2v) is 10.8. The summed E-state index contributed by atoms with van der Waals surface area (Å²) in [5.41, 5.74) is 6.00. The fourth-order valence-corrected chi connectivity index (χ4v) is 4.82. The van der Waals surface area contributed by atoms with Gasteiger partial charge in [0.05, 0.1) is 4.88 Å². The number of aromatic nitrogens is 2. The zero-order valence-electron chi connectivity index (χ0n) is 21.2. The number of aromatic amines is 1. The summed E-state index contributed by atoms with van der Waals surface area (Å²) in [7, 11) is 1.57. The summed E-state index contributed by atoms with van der Waals surface area (Å²) in [6.07, 6.45) is 1.88. The van der Waals surface area contributed by atoms with E-state index < -0.39 is 17.2 Å². The molecule has 0 aliphatic heterocycles. The SMILES string of the molecule is CCCc1cc(C(=O)N(C)CC(=O)N(CC(C)C)c2c(N)n(CC(C)C)c(=O)[nH]c2=O)sc1C. The van der Waals surface area contributed by atoms with Gasteiger partial charge in [0.25, 0.3) is 11.5 Å². The highest BCUT2D eigenvalue weighted by Gasteiger charge is 2.27. The van der Waals surface area contributed by atoms with Crippen molar-refractivity contribution in [3.05, 3.63) is 42.2 Å². The molecule has 0 saturated carbocycles. The van der Waals surface area contributed by atoms with Gasteiger partial charge in [-0.2, -0.15) is 0 Å². The van der Waals surface area contributed by atoms with Gasteiger partial charge in [0.1, 0.15) is 12.4 Å². The second-order valence-electron chi connectivity index (χ2n) is 9.50. The Balaban J connectivity index is 2.38. The molecule has 2 aromatic rings. The lowest BCUT2D eigenvalue weighted by Crippen LogP contribution is -2.47. The van der Waals surface area contributed by atoms with Crippen molar-refractivity contribution in [3.8, 4) is 0 Å². The van der Waals surface area contributed by atoms with Crippen LogP contribution in [-0.2, 0) is 17.8 Å². The normalized spacial score (nSPS) is 11.3. The third kappa shape index (κ3) is 6.37. The van der Waals surface area contributed by atoms with E-state index in [0.717, 1.165) is 23.3 Å². The minimum atomic E-state index is -0.719. The van der Waals surface area contributed by atoms with Crippen LogP contribution >= 0.6 is 11.3 Å². The van der Waals surface area contributed by atoms with E-state index in [1.165, 1.54) is 25.7 Å². The van der Waals surface area contributed by atoms with Crippen LogP contribution < -0.4 is 21.9 Å². The summed E-state index contributed by atoms with van der Waals surface area (Å²) in [6, 6.07) is 1.89. The summed E-state index contributed by atoms with van der Waals surface area (Å²) in [5.74, 6) is -0.628. The van der Waals surface area contributed by atoms with Crippen molar-refractivity contribution < 1.29 is 9.59 Å². The van der Waals surface area contributed by atoms with Gasteiger partial charge in [-0.3, -0.25) is 23.9 Å². The van der Waals surface area contributed by atoms with Crippen LogP contribution in [0.1, 0.15) is 61.2 Å². The summed E-state index contributed by atoms with van der Waals surface area (Å²) in [5, 5.41) is 0. The van der Waals surface area contributed by atoms with Crippen molar-refractivity contribution in [3.63, 3.8) is 0 Å².